The van der Waals surface area contributed by atoms with Gasteiger partial charge in [-0.25, -0.2) is 0 Å². The van der Waals surface area contributed by atoms with E-state index < -0.39 is 0 Å². The summed E-state index contributed by atoms with van der Waals surface area (Å²) >= 11 is 0. The van der Waals surface area contributed by atoms with Gasteiger partial charge in [0.05, 0.1) is 12.8 Å². The largest absolute Gasteiger partial charge is 0.495 e. The van der Waals surface area contributed by atoms with Crippen molar-refractivity contribution in [3.05, 3.63) is 23.8 Å². The third-order valence-corrected chi connectivity index (χ3v) is 4.34. The SMILES string of the molecule is COc1ccc(C)cc1N1CCCC2(CNC2)C1. The van der Waals surface area contributed by atoms with Crippen molar-refractivity contribution in [2.45, 2.75) is 19.8 Å². The summed E-state index contributed by atoms with van der Waals surface area (Å²) in [5, 5.41) is 3.43. The highest BCUT2D eigenvalue weighted by Crippen LogP contribution is 2.38. The van der Waals surface area contributed by atoms with Crippen LogP contribution in [0.15, 0.2) is 18.2 Å². The summed E-state index contributed by atoms with van der Waals surface area (Å²) in [5.74, 6) is 1.00. The highest BCUT2D eigenvalue weighted by molar-refractivity contribution is 5.60. The Bertz CT molecular complexity index is 440. The molecule has 18 heavy (non-hydrogen) atoms. The van der Waals surface area contributed by atoms with Gasteiger partial charge in [0, 0.05) is 31.6 Å². The maximum atomic E-state index is 5.52. The predicted molar refractivity (Wildman–Crippen MR) is 74.5 cm³/mol. The number of rotatable bonds is 2. The summed E-state index contributed by atoms with van der Waals surface area (Å²) in [4.78, 5) is 2.51. The minimum atomic E-state index is 0.521. The van der Waals surface area contributed by atoms with Crippen LogP contribution in [0.25, 0.3) is 0 Å². The first-order valence-corrected chi connectivity index (χ1v) is 6.83. The Balaban J connectivity index is 1.87. The van der Waals surface area contributed by atoms with Crippen molar-refractivity contribution in [2.75, 3.05) is 38.2 Å². The van der Waals surface area contributed by atoms with E-state index in [0.29, 0.717) is 5.41 Å². The van der Waals surface area contributed by atoms with Crippen LogP contribution in [0.1, 0.15) is 18.4 Å². The van der Waals surface area contributed by atoms with Crippen LogP contribution in [0.3, 0.4) is 0 Å². The van der Waals surface area contributed by atoms with Gasteiger partial charge in [-0.3, -0.25) is 0 Å². The maximum Gasteiger partial charge on any atom is 0.142 e. The zero-order valence-corrected chi connectivity index (χ0v) is 11.3. The highest BCUT2D eigenvalue weighted by Gasteiger charge is 2.40. The molecule has 3 heteroatoms. The highest BCUT2D eigenvalue weighted by atomic mass is 16.5. The number of nitrogens with one attached hydrogen (secondary N) is 1. The van der Waals surface area contributed by atoms with Gasteiger partial charge in [-0.05, 0) is 37.5 Å². The molecule has 0 unspecified atom stereocenters. The number of hydrogen-bond donors (Lipinski definition) is 1. The number of nitrogens with zero attached hydrogens (tertiary/aromatic N) is 1. The van der Waals surface area contributed by atoms with Gasteiger partial charge >= 0.3 is 0 Å². The van der Waals surface area contributed by atoms with Gasteiger partial charge in [0.25, 0.3) is 0 Å². The van der Waals surface area contributed by atoms with E-state index >= 15 is 0 Å². The quantitative estimate of drug-likeness (QED) is 0.865. The molecule has 1 aromatic rings. The monoisotopic (exact) mass is 246 g/mol. The Hall–Kier alpha value is -1.22. The second-order valence-electron chi connectivity index (χ2n) is 5.80. The normalized spacial score (nSPS) is 21.8. The molecule has 0 aliphatic carbocycles. The number of hydrogen-bond acceptors (Lipinski definition) is 3. The van der Waals surface area contributed by atoms with Crippen LogP contribution in [-0.2, 0) is 0 Å². The number of aryl methyl sites for hydroxylation is 1. The van der Waals surface area contributed by atoms with Crippen molar-refractivity contribution in [1.29, 1.82) is 0 Å². The molecule has 0 radical (unpaired) electrons. The minimum absolute atomic E-state index is 0.521. The lowest BCUT2D eigenvalue weighted by Crippen LogP contribution is -2.61. The summed E-state index contributed by atoms with van der Waals surface area (Å²) in [6.45, 7) is 6.82. The summed E-state index contributed by atoms with van der Waals surface area (Å²) in [6.07, 6.45) is 2.66. The predicted octanol–water partition coefficient (Wildman–Crippen LogP) is 2.19. The smallest absolute Gasteiger partial charge is 0.142 e. The van der Waals surface area contributed by atoms with Gasteiger partial charge in [0.2, 0.25) is 0 Å². The third-order valence-electron chi connectivity index (χ3n) is 4.34. The molecule has 0 bridgehead atoms. The summed E-state index contributed by atoms with van der Waals surface area (Å²) in [7, 11) is 1.76. The van der Waals surface area contributed by atoms with Gasteiger partial charge in [0.1, 0.15) is 5.75 Å². The molecule has 0 saturated carbocycles. The lowest BCUT2D eigenvalue weighted by Gasteiger charge is -2.50. The third kappa shape index (κ3) is 1.97. The first-order chi connectivity index (χ1) is 8.72. The van der Waals surface area contributed by atoms with Gasteiger partial charge in [-0.15, -0.1) is 0 Å². The lowest BCUT2D eigenvalue weighted by molar-refractivity contribution is 0.138. The van der Waals surface area contributed by atoms with E-state index in [1.807, 2.05) is 0 Å². The Morgan fingerprint density at radius 1 is 1.33 bits per heavy atom. The fraction of sp³-hybridized carbons (Fsp3) is 0.600. The van der Waals surface area contributed by atoms with Crippen LogP contribution in [0.5, 0.6) is 5.75 Å². The van der Waals surface area contributed by atoms with E-state index in [0.717, 1.165) is 12.3 Å². The molecule has 1 N–H and O–H groups in total. The molecule has 2 saturated heterocycles. The molecular formula is C15H22N2O. The second kappa shape index (κ2) is 4.47. The summed E-state index contributed by atoms with van der Waals surface area (Å²) in [5.41, 5.74) is 3.09. The average Bonchev–Trinajstić information content (AvgIpc) is 2.37. The van der Waals surface area contributed by atoms with Crippen LogP contribution in [0.2, 0.25) is 0 Å². The Kier molecular flexibility index (Phi) is 2.94. The first kappa shape index (κ1) is 11.8. The fourth-order valence-electron chi connectivity index (χ4n) is 3.23. The van der Waals surface area contributed by atoms with Gasteiger partial charge in [-0.2, -0.15) is 0 Å². The van der Waals surface area contributed by atoms with Gasteiger partial charge in [-0.1, -0.05) is 6.07 Å². The van der Waals surface area contributed by atoms with Crippen LogP contribution in [0, 0.1) is 12.3 Å². The molecule has 2 heterocycles. The van der Waals surface area contributed by atoms with Crippen molar-refractivity contribution in [3.8, 4) is 5.75 Å². The molecule has 2 aliphatic rings. The Morgan fingerprint density at radius 3 is 2.83 bits per heavy atom. The molecule has 0 amide bonds. The van der Waals surface area contributed by atoms with E-state index in [-0.39, 0.29) is 0 Å². The van der Waals surface area contributed by atoms with Crippen LogP contribution >= 0.6 is 0 Å². The van der Waals surface area contributed by atoms with E-state index in [1.54, 1.807) is 7.11 Å². The first-order valence-electron chi connectivity index (χ1n) is 6.83. The van der Waals surface area contributed by atoms with E-state index in [4.69, 9.17) is 4.74 Å². The lowest BCUT2D eigenvalue weighted by atomic mass is 9.75. The summed E-state index contributed by atoms with van der Waals surface area (Å²) < 4.78 is 5.52. The molecule has 3 nitrogen and oxygen atoms in total. The van der Waals surface area contributed by atoms with E-state index in [9.17, 15) is 0 Å². The number of anilines is 1. The van der Waals surface area contributed by atoms with Crippen molar-refractivity contribution < 1.29 is 4.74 Å². The minimum Gasteiger partial charge on any atom is -0.495 e. The fourth-order valence-corrected chi connectivity index (χ4v) is 3.23. The molecule has 1 aromatic carbocycles. The second-order valence-corrected chi connectivity index (χ2v) is 5.80. The van der Waals surface area contributed by atoms with Crippen molar-refractivity contribution >= 4 is 5.69 Å². The average molecular weight is 246 g/mol. The van der Waals surface area contributed by atoms with Gasteiger partial charge in [0.15, 0.2) is 0 Å². The molecule has 0 atom stereocenters. The van der Waals surface area contributed by atoms with Crippen LogP contribution in [0.4, 0.5) is 5.69 Å². The van der Waals surface area contributed by atoms with Crippen LogP contribution in [-0.4, -0.2) is 33.3 Å². The van der Waals surface area contributed by atoms with Crippen LogP contribution < -0.4 is 15.0 Å². The molecule has 3 rings (SSSR count). The van der Waals surface area contributed by atoms with Crippen molar-refractivity contribution in [2.24, 2.45) is 5.41 Å². The Labute approximate surface area is 109 Å². The van der Waals surface area contributed by atoms with Gasteiger partial charge < -0.3 is 15.0 Å². The molecule has 2 fully saturated rings. The van der Waals surface area contributed by atoms with Crippen molar-refractivity contribution in [1.82, 2.24) is 5.32 Å². The zero-order chi connectivity index (χ0) is 12.6. The molecule has 2 aliphatic heterocycles. The molecule has 0 aromatic heterocycles. The number of methoxy groups -OCH3 is 1. The van der Waals surface area contributed by atoms with E-state index in [2.05, 4.69) is 35.3 Å². The molecule has 98 valence electrons. The standard InChI is InChI=1S/C15H22N2O/c1-12-4-5-14(18-2)13(8-12)17-7-3-6-15(11-17)9-16-10-15/h4-5,8,16H,3,6-7,9-11H2,1-2H3. The zero-order valence-electron chi connectivity index (χ0n) is 11.3. The van der Waals surface area contributed by atoms with E-state index in [1.165, 1.54) is 43.7 Å². The maximum absolute atomic E-state index is 5.52. The summed E-state index contributed by atoms with van der Waals surface area (Å²) in [6, 6.07) is 6.46. The molecule has 1 spiro atoms. The number of piperidine rings is 1. The van der Waals surface area contributed by atoms with Crippen molar-refractivity contribution in [3.63, 3.8) is 0 Å². The topological polar surface area (TPSA) is 24.5 Å². The number of ether oxygens (including phenoxy) is 1. The Morgan fingerprint density at radius 2 is 2.17 bits per heavy atom. The molecular weight excluding hydrogens is 224 g/mol. The number of benzene rings is 1.